The summed E-state index contributed by atoms with van der Waals surface area (Å²) in [4.78, 5) is 18.4. The Morgan fingerprint density at radius 3 is 2.89 bits per heavy atom. The van der Waals surface area contributed by atoms with E-state index < -0.39 is 0 Å². The lowest BCUT2D eigenvalue weighted by molar-refractivity contribution is 0.0751. The second-order valence-corrected chi connectivity index (χ2v) is 4.75. The van der Waals surface area contributed by atoms with Crippen LogP contribution in [0.3, 0.4) is 0 Å². The summed E-state index contributed by atoms with van der Waals surface area (Å²) in [5.41, 5.74) is 1.49. The van der Waals surface area contributed by atoms with Gasteiger partial charge in [0.2, 0.25) is 0 Å². The number of carbonyl (C=O) groups excluding carboxylic acids is 1. The smallest absolute Gasteiger partial charge is 0.272 e. The molecular formula is C14H21N3O. The first-order valence-corrected chi connectivity index (χ1v) is 6.73. The number of rotatable bonds is 6. The van der Waals surface area contributed by atoms with Crippen LogP contribution in [-0.4, -0.2) is 35.4 Å². The molecule has 18 heavy (non-hydrogen) atoms. The monoisotopic (exact) mass is 247 g/mol. The molecule has 0 unspecified atom stereocenters. The molecule has 1 aliphatic carbocycles. The predicted molar refractivity (Wildman–Crippen MR) is 72.7 cm³/mol. The third-order valence-electron chi connectivity index (χ3n) is 3.20. The number of nitrogens with one attached hydrogen (secondary N) is 1. The summed E-state index contributed by atoms with van der Waals surface area (Å²) in [5, 5.41) is 3.20. The first-order valence-electron chi connectivity index (χ1n) is 6.73. The first kappa shape index (κ1) is 12.9. The van der Waals surface area contributed by atoms with E-state index in [1.165, 1.54) is 12.8 Å². The lowest BCUT2D eigenvalue weighted by Gasteiger charge is -2.20. The van der Waals surface area contributed by atoms with Crippen LogP contribution in [0.15, 0.2) is 18.3 Å². The van der Waals surface area contributed by atoms with E-state index in [9.17, 15) is 4.79 Å². The Morgan fingerprint density at radius 2 is 2.28 bits per heavy atom. The van der Waals surface area contributed by atoms with Crippen LogP contribution in [0.2, 0.25) is 0 Å². The summed E-state index contributed by atoms with van der Waals surface area (Å²) in [6, 6.07) is 3.72. The number of hydrogen-bond donors (Lipinski definition) is 1. The Balaban J connectivity index is 2.07. The average molecular weight is 247 g/mol. The minimum atomic E-state index is 0.0455. The molecule has 0 radical (unpaired) electrons. The standard InChI is InChI=1S/C14H21N3O/c1-3-15-12-7-8-16-13(9-12)14(18)17(4-2)10-11-5-6-11/h7-9,11H,3-6,10H2,1-2H3,(H,15,16). The zero-order valence-electron chi connectivity index (χ0n) is 11.1. The molecule has 1 aromatic heterocycles. The molecule has 1 heterocycles. The molecule has 1 aliphatic rings. The van der Waals surface area contributed by atoms with E-state index in [0.717, 1.165) is 25.3 Å². The van der Waals surface area contributed by atoms with Gasteiger partial charge in [-0.1, -0.05) is 0 Å². The van der Waals surface area contributed by atoms with Crippen LogP contribution in [0.5, 0.6) is 0 Å². The van der Waals surface area contributed by atoms with Crippen molar-refractivity contribution < 1.29 is 4.79 Å². The third kappa shape index (κ3) is 3.22. The quantitative estimate of drug-likeness (QED) is 0.839. The number of hydrogen-bond acceptors (Lipinski definition) is 3. The van der Waals surface area contributed by atoms with Crippen LogP contribution in [0.4, 0.5) is 5.69 Å². The van der Waals surface area contributed by atoms with Gasteiger partial charge < -0.3 is 10.2 Å². The number of carbonyl (C=O) groups is 1. The second kappa shape index (κ2) is 5.85. The van der Waals surface area contributed by atoms with Gasteiger partial charge in [-0.15, -0.1) is 0 Å². The van der Waals surface area contributed by atoms with E-state index in [1.807, 2.05) is 30.9 Å². The van der Waals surface area contributed by atoms with Crippen LogP contribution >= 0.6 is 0 Å². The van der Waals surface area contributed by atoms with Crippen molar-refractivity contribution in [2.45, 2.75) is 26.7 Å². The predicted octanol–water partition coefficient (Wildman–Crippen LogP) is 2.39. The summed E-state index contributed by atoms with van der Waals surface area (Å²) in [6.45, 7) is 6.53. The van der Waals surface area contributed by atoms with Gasteiger partial charge in [-0.25, -0.2) is 0 Å². The van der Waals surface area contributed by atoms with Crippen LogP contribution in [-0.2, 0) is 0 Å². The topological polar surface area (TPSA) is 45.2 Å². The van der Waals surface area contributed by atoms with Crippen LogP contribution in [0.1, 0.15) is 37.2 Å². The molecule has 98 valence electrons. The van der Waals surface area contributed by atoms with Crippen LogP contribution < -0.4 is 5.32 Å². The zero-order chi connectivity index (χ0) is 13.0. The maximum Gasteiger partial charge on any atom is 0.272 e. The highest BCUT2D eigenvalue weighted by atomic mass is 16.2. The van der Waals surface area contributed by atoms with Gasteiger partial charge in [0.1, 0.15) is 5.69 Å². The maximum atomic E-state index is 12.3. The van der Waals surface area contributed by atoms with Gasteiger partial charge in [-0.3, -0.25) is 9.78 Å². The van der Waals surface area contributed by atoms with Crippen molar-refractivity contribution in [3.63, 3.8) is 0 Å². The van der Waals surface area contributed by atoms with Gasteiger partial charge >= 0.3 is 0 Å². The van der Waals surface area contributed by atoms with Gasteiger partial charge in [0.05, 0.1) is 0 Å². The highest BCUT2D eigenvalue weighted by Crippen LogP contribution is 2.30. The minimum Gasteiger partial charge on any atom is -0.385 e. The van der Waals surface area contributed by atoms with Crippen molar-refractivity contribution >= 4 is 11.6 Å². The van der Waals surface area contributed by atoms with Crippen LogP contribution in [0.25, 0.3) is 0 Å². The Kier molecular flexibility index (Phi) is 4.18. The normalized spacial score (nSPS) is 14.3. The number of pyridine rings is 1. The van der Waals surface area contributed by atoms with Crippen molar-refractivity contribution in [3.8, 4) is 0 Å². The Hall–Kier alpha value is -1.58. The van der Waals surface area contributed by atoms with E-state index in [2.05, 4.69) is 10.3 Å². The second-order valence-electron chi connectivity index (χ2n) is 4.75. The summed E-state index contributed by atoms with van der Waals surface area (Å²) in [5.74, 6) is 0.759. The highest BCUT2D eigenvalue weighted by Gasteiger charge is 2.26. The van der Waals surface area contributed by atoms with Gasteiger partial charge in [0, 0.05) is 31.5 Å². The fourth-order valence-corrected chi connectivity index (χ4v) is 1.99. The fourth-order valence-electron chi connectivity index (χ4n) is 1.99. The van der Waals surface area contributed by atoms with Gasteiger partial charge in [0.15, 0.2) is 0 Å². The van der Waals surface area contributed by atoms with E-state index in [1.54, 1.807) is 6.20 Å². The number of aromatic nitrogens is 1. The molecule has 0 aliphatic heterocycles. The average Bonchev–Trinajstić information content (AvgIpc) is 3.20. The molecule has 4 nitrogen and oxygen atoms in total. The lowest BCUT2D eigenvalue weighted by atomic mass is 10.2. The van der Waals surface area contributed by atoms with Crippen molar-refractivity contribution in [2.24, 2.45) is 5.92 Å². The molecule has 1 amide bonds. The number of nitrogens with zero attached hydrogens (tertiary/aromatic N) is 2. The SMILES string of the molecule is CCNc1ccnc(C(=O)N(CC)CC2CC2)c1. The minimum absolute atomic E-state index is 0.0455. The largest absolute Gasteiger partial charge is 0.385 e. The van der Waals surface area contributed by atoms with Crippen molar-refractivity contribution in [2.75, 3.05) is 25.0 Å². The fraction of sp³-hybridized carbons (Fsp3) is 0.571. The summed E-state index contributed by atoms with van der Waals surface area (Å²) in [6.07, 6.45) is 4.21. The van der Waals surface area contributed by atoms with E-state index in [4.69, 9.17) is 0 Å². The molecule has 0 saturated heterocycles. The molecule has 0 spiro atoms. The molecule has 0 atom stereocenters. The summed E-state index contributed by atoms with van der Waals surface area (Å²) >= 11 is 0. The third-order valence-corrected chi connectivity index (χ3v) is 3.20. The molecule has 4 heteroatoms. The molecular weight excluding hydrogens is 226 g/mol. The Labute approximate surface area is 108 Å². The van der Waals surface area contributed by atoms with E-state index in [0.29, 0.717) is 11.6 Å². The van der Waals surface area contributed by atoms with Crippen LogP contribution in [0, 0.1) is 5.92 Å². The Bertz CT molecular complexity index is 415. The molecule has 1 fully saturated rings. The van der Waals surface area contributed by atoms with Gasteiger partial charge in [-0.2, -0.15) is 0 Å². The van der Waals surface area contributed by atoms with Crippen molar-refractivity contribution in [3.05, 3.63) is 24.0 Å². The summed E-state index contributed by atoms with van der Waals surface area (Å²) < 4.78 is 0. The molecule has 0 aromatic carbocycles. The summed E-state index contributed by atoms with van der Waals surface area (Å²) in [7, 11) is 0. The number of anilines is 1. The molecule has 1 saturated carbocycles. The van der Waals surface area contributed by atoms with Gasteiger partial charge in [-0.05, 0) is 44.7 Å². The van der Waals surface area contributed by atoms with E-state index >= 15 is 0 Å². The van der Waals surface area contributed by atoms with Crippen molar-refractivity contribution in [1.29, 1.82) is 0 Å². The maximum absolute atomic E-state index is 12.3. The highest BCUT2D eigenvalue weighted by molar-refractivity contribution is 5.93. The molecule has 1 aromatic rings. The first-order chi connectivity index (χ1) is 8.74. The lowest BCUT2D eigenvalue weighted by Crippen LogP contribution is -2.33. The molecule has 2 rings (SSSR count). The number of amides is 1. The van der Waals surface area contributed by atoms with Gasteiger partial charge in [0.25, 0.3) is 5.91 Å². The Morgan fingerprint density at radius 1 is 1.50 bits per heavy atom. The molecule has 0 bridgehead atoms. The van der Waals surface area contributed by atoms with E-state index in [-0.39, 0.29) is 5.91 Å². The van der Waals surface area contributed by atoms with Crippen molar-refractivity contribution in [1.82, 2.24) is 9.88 Å². The molecule has 1 N–H and O–H groups in total. The zero-order valence-corrected chi connectivity index (χ0v) is 11.1.